The van der Waals surface area contributed by atoms with Crippen molar-refractivity contribution in [3.63, 3.8) is 0 Å². The third-order valence-electron chi connectivity index (χ3n) is 5.38. The zero-order valence-electron chi connectivity index (χ0n) is 17.4. The Bertz CT molecular complexity index is 795. The highest BCUT2D eigenvalue weighted by Crippen LogP contribution is 2.25. The van der Waals surface area contributed by atoms with Gasteiger partial charge in [-0.15, -0.1) is 0 Å². The fourth-order valence-corrected chi connectivity index (χ4v) is 3.72. The second-order valence-electron chi connectivity index (χ2n) is 7.71. The molecule has 1 aliphatic rings. The van der Waals surface area contributed by atoms with E-state index in [1.54, 1.807) is 24.3 Å². The zero-order chi connectivity index (χ0) is 20.5. The summed E-state index contributed by atoms with van der Waals surface area (Å²) in [4.78, 5) is 26.4. The molecule has 0 atom stereocenters. The number of benzene rings is 2. The number of hydrogen-bond acceptors (Lipinski definition) is 3. The van der Waals surface area contributed by atoms with Crippen LogP contribution in [0.15, 0.2) is 48.5 Å². The minimum Gasteiger partial charge on any atom is -0.494 e. The first kappa shape index (κ1) is 21.1. The lowest BCUT2D eigenvalue weighted by molar-refractivity contribution is 0.0642. The lowest BCUT2D eigenvalue weighted by Crippen LogP contribution is -2.29. The SMILES string of the molecule is CCCCCCCCCCOc1cccc(CN2C(=O)c3ccccc3C2=O)c1. The normalized spacial score (nSPS) is 13.1. The summed E-state index contributed by atoms with van der Waals surface area (Å²) < 4.78 is 5.88. The van der Waals surface area contributed by atoms with E-state index in [0.717, 1.165) is 17.7 Å². The summed E-state index contributed by atoms with van der Waals surface area (Å²) in [5.74, 6) is 0.341. The van der Waals surface area contributed by atoms with Crippen molar-refractivity contribution in [1.29, 1.82) is 0 Å². The van der Waals surface area contributed by atoms with Crippen LogP contribution in [0.4, 0.5) is 0 Å². The largest absolute Gasteiger partial charge is 0.494 e. The first-order chi connectivity index (χ1) is 14.2. The smallest absolute Gasteiger partial charge is 0.261 e. The molecule has 0 unspecified atom stereocenters. The molecule has 0 aliphatic carbocycles. The van der Waals surface area contributed by atoms with Crippen molar-refractivity contribution in [3.8, 4) is 5.75 Å². The van der Waals surface area contributed by atoms with Crippen molar-refractivity contribution in [2.24, 2.45) is 0 Å². The number of ether oxygens (including phenoxy) is 1. The number of carbonyl (C=O) groups excluding carboxylic acids is 2. The van der Waals surface area contributed by atoms with Crippen LogP contribution in [-0.2, 0) is 6.54 Å². The monoisotopic (exact) mass is 393 g/mol. The Kier molecular flexibility index (Phi) is 7.85. The summed E-state index contributed by atoms with van der Waals surface area (Å²) in [6.45, 7) is 3.21. The third-order valence-corrected chi connectivity index (χ3v) is 5.38. The van der Waals surface area contributed by atoms with Crippen molar-refractivity contribution in [3.05, 3.63) is 65.2 Å². The number of rotatable bonds is 12. The minimum atomic E-state index is -0.226. The van der Waals surface area contributed by atoms with Gasteiger partial charge in [0.25, 0.3) is 11.8 Å². The van der Waals surface area contributed by atoms with Crippen LogP contribution in [-0.4, -0.2) is 23.3 Å². The van der Waals surface area contributed by atoms with Crippen LogP contribution in [0.2, 0.25) is 0 Å². The Morgan fingerprint density at radius 3 is 2.03 bits per heavy atom. The third kappa shape index (κ3) is 5.69. The van der Waals surface area contributed by atoms with Gasteiger partial charge in [-0.05, 0) is 36.2 Å². The molecule has 0 bridgehead atoms. The number of carbonyl (C=O) groups is 2. The summed E-state index contributed by atoms with van der Waals surface area (Å²) in [6, 6.07) is 14.7. The molecule has 0 N–H and O–H groups in total. The molecule has 1 heterocycles. The Balaban J connectivity index is 1.43. The van der Waals surface area contributed by atoms with Gasteiger partial charge in [-0.3, -0.25) is 14.5 Å². The molecule has 0 aromatic heterocycles. The second-order valence-corrected chi connectivity index (χ2v) is 7.71. The Morgan fingerprint density at radius 2 is 1.38 bits per heavy atom. The molecule has 4 heteroatoms. The molecule has 1 aliphatic heterocycles. The van der Waals surface area contributed by atoms with Crippen molar-refractivity contribution in [2.45, 2.75) is 64.8 Å². The molecule has 2 aromatic rings. The first-order valence-electron chi connectivity index (χ1n) is 10.9. The van der Waals surface area contributed by atoms with E-state index in [0.29, 0.717) is 17.7 Å². The van der Waals surface area contributed by atoms with Crippen LogP contribution in [0.3, 0.4) is 0 Å². The van der Waals surface area contributed by atoms with E-state index in [4.69, 9.17) is 4.74 Å². The molecule has 3 rings (SSSR count). The lowest BCUT2D eigenvalue weighted by atomic mass is 10.1. The van der Waals surface area contributed by atoms with Gasteiger partial charge >= 0.3 is 0 Å². The lowest BCUT2D eigenvalue weighted by Gasteiger charge is -2.15. The Labute approximate surface area is 173 Å². The standard InChI is InChI=1S/C25H31NO3/c1-2-3-4-5-6-7-8-11-17-29-21-14-12-13-20(18-21)19-26-24(27)22-15-9-10-16-23(22)25(26)28/h9-10,12-16,18H,2-8,11,17,19H2,1H3. The summed E-state index contributed by atoms with van der Waals surface area (Å²) in [5, 5.41) is 0. The molecule has 2 aromatic carbocycles. The van der Waals surface area contributed by atoms with E-state index in [-0.39, 0.29) is 18.4 Å². The van der Waals surface area contributed by atoms with Gasteiger partial charge in [-0.25, -0.2) is 0 Å². The average molecular weight is 394 g/mol. The maximum absolute atomic E-state index is 12.5. The summed E-state index contributed by atoms with van der Waals surface area (Å²) in [7, 11) is 0. The van der Waals surface area contributed by atoms with Gasteiger partial charge in [0.2, 0.25) is 0 Å². The van der Waals surface area contributed by atoms with Crippen LogP contribution < -0.4 is 4.74 Å². The van der Waals surface area contributed by atoms with E-state index in [9.17, 15) is 9.59 Å². The number of hydrogen-bond donors (Lipinski definition) is 0. The van der Waals surface area contributed by atoms with Crippen molar-refractivity contribution < 1.29 is 14.3 Å². The zero-order valence-corrected chi connectivity index (χ0v) is 17.4. The number of unbranched alkanes of at least 4 members (excludes halogenated alkanes) is 7. The van der Waals surface area contributed by atoms with Gasteiger partial charge in [-0.2, -0.15) is 0 Å². The topological polar surface area (TPSA) is 46.6 Å². The minimum absolute atomic E-state index is 0.226. The van der Waals surface area contributed by atoms with E-state index >= 15 is 0 Å². The number of nitrogens with zero attached hydrogens (tertiary/aromatic N) is 1. The number of amides is 2. The van der Waals surface area contributed by atoms with Gasteiger partial charge in [0.1, 0.15) is 5.75 Å². The van der Waals surface area contributed by atoms with Crippen LogP contribution >= 0.6 is 0 Å². The Morgan fingerprint density at radius 1 is 0.759 bits per heavy atom. The predicted molar refractivity (Wildman–Crippen MR) is 115 cm³/mol. The van der Waals surface area contributed by atoms with Gasteiger partial charge in [0.15, 0.2) is 0 Å². The second kappa shape index (κ2) is 10.8. The van der Waals surface area contributed by atoms with Crippen molar-refractivity contribution in [1.82, 2.24) is 4.90 Å². The van der Waals surface area contributed by atoms with Crippen LogP contribution in [0.1, 0.15) is 84.6 Å². The highest BCUT2D eigenvalue weighted by Gasteiger charge is 2.34. The van der Waals surface area contributed by atoms with E-state index < -0.39 is 0 Å². The van der Waals surface area contributed by atoms with Crippen LogP contribution in [0, 0.1) is 0 Å². The van der Waals surface area contributed by atoms with E-state index in [2.05, 4.69) is 6.92 Å². The maximum atomic E-state index is 12.5. The fraction of sp³-hybridized carbons (Fsp3) is 0.440. The average Bonchev–Trinajstić information content (AvgIpc) is 2.98. The molecule has 0 saturated heterocycles. The highest BCUT2D eigenvalue weighted by atomic mass is 16.5. The van der Waals surface area contributed by atoms with Crippen molar-refractivity contribution in [2.75, 3.05) is 6.61 Å². The van der Waals surface area contributed by atoms with Crippen LogP contribution in [0.5, 0.6) is 5.75 Å². The predicted octanol–water partition coefficient (Wildman–Crippen LogP) is 6.00. The number of imide groups is 1. The fourth-order valence-electron chi connectivity index (χ4n) is 3.72. The molecule has 4 nitrogen and oxygen atoms in total. The first-order valence-corrected chi connectivity index (χ1v) is 10.9. The summed E-state index contributed by atoms with van der Waals surface area (Å²) >= 11 is 0. The summed E-state index contributed by atoms with van der Waals surface area (Å²) in [6.07, 6.45) is 10.2. The van der Waals surface area contributed by atoms with Gasteiger partial charge < -0.3 is 4.74 Å². The van der Waals surface area contributed by atoms with Crippen molar-refractivity contribution >= 4 is 11.8 Å². The van der Waals surface area contributed by atoms with Gasteiger partial charge in [0.05, 0.1) is 24.3 Å². The van der Waals surface area contributed by atoms with E-state index in [1.165, 1.54) is 49.8 Å². The van der Waals surface area contributed by atoms with Crippen LogP contribution in [0.25, 0.3) is 0 Å². The maximum Gasteiger partial charge on any atom is 0.261 e. The molecule has 29 heavy (non-hydrogen) atoms. The molecular weight excluding hydrogens is 362 g/mol. The molecule has 2 amide bonds. The summed E-state index contributed by atoms with van der Waals surface area (Å²) in [5.41, 5.74) is 1.87. The van der Waals surface area contributed by atoms with Gasteiger partial charge in [0, 0.05) is 0 Å². The number of fused-ring (bicyclic) bond motifs is 1. The van der Waals surface area contributed by atoms with E-state index in [1.807, 2.05) is 24.3 Å². The molecule has 154 valence electrons. The molecule has 0 saturated carbocycles. The molecule has 0 fully saturated rings. The Hall–Kier alpha value is -2.62. The van der Waals surface area contributed by atoms with Gasteiger partial charge in [-0.1, -0.05) is 76.1 Å². The quantitative estimate of drug-likeness (QED) is 0.328. The highest BCUT2D eigenvalue weighted by molar-refractivity contribution is 6.21. The molecule has 0 spiro atoms. The molecule has 0 radical (unpaired) electrons. The molecular formula is C25H31NO3.